The Hall–Kier alpha value is -1.62. The van der Waals surface area contributed by atoms with Gasteiger partial charge in [0.2, 0.25) is 5.91 Å². The Labute approximate surface area is 130 Å². The van der Waals surface area contributed by atoms with Crippen LogP contribution in [0.2, 0.25) is 0 Å². The van der Waals surface area contributed by atoms with E-state index in [0.29, 0.717) is 11.3 Å². The van der Waals surface area contributed by atoms with Gasteiger partial charge in [0.1, 0.15) is 11.6 Å². The predicted octanol–water partition coefficient (Wildman–Crippen LogP) is 2.40. The molecule has 0 aromatic heterocycles. The molecule has 2 N–H and O–H groups in total. The summed E-state index contributed by atoms with van der Waals surface area (Å²) in [5, 5.41) is 6.30. The Kier molecular flexibility index (Phi) is 4.08. The third-order valence-corrected chi connectivity index (χ3v) is 5.13. The molecular weight excluding hydrogens is 283 g/mol. The molecule has 4 nitrogen and oxygen atoms in total. The van der Waals surface area contributed by atoms with E-state index >= 15 is 0 Å². The third kappa shape index (κ3) is 2.70. The predicted molar refractivity (Wildman–Crippen MR) is 82.2 cm³/mol. The minimum atomic E-state index is -0.400. The van der Waals surface area contributed by atoms with E-state index in [4.69, 9.17) is 4.74 Å². The highest BCUT2D eigenvalue weighted by molar-refractivity contribution is 5.83. The van der Waals surface area contributed by atoms with Crippen molar-refractivity contribution in [3.05, 3.63) is 29.6 Å². The summed E-state index contributed by atoms with van der Waals surface area (Å²) in [5.74, 6) is 0.245. The highest BCUT2D eigenvalue weighted by Gasteiger charge is 2.57. The molecule has 1 amide bonds. The molecule has 1 aliphatic carbocycles. The fourth-order valence-electron chi connectivity index (χ4n) is 3.70. The van der Waals surface area contributed by atoms with Crippen molar-refractivity contribution in [3.63, 3.8) is 0 Å². The number of methoxy groups -OCH3 is 1. The van der Waals surface area contributed by atoms with E-state index in [9.17, 15) is 9.18 Å². The van der Waals surface area contributed by atoms with Crippen molar-refractivity contribution in [2.75, 3.05) is 20.2 Å². The fraction of sp³-hybridized carbons (Fsp3) is 0.588. The zero-order chi connectivity index (χ0) is 15.7. The Bertz CT molecular complexity index is 570. The molecule has 2 atom stereocenters. The summed E-state index contributed by atoms with van der Waals surface area (Å²) in [6, 6.07) is 4.32. The molecule has 1 aliphatic heterocycles. The van der Waals surface area contributed by atoms with Crippen molar-refractivity contribution in [1.82, 2.24) is 10.6 Å². The van der Waals surface area contributed by atoms with Gasteiger partial charge in [-0.2, -0.15) is 0 Å². The fourth-order valence-corrected chi connectivity index (χ4v) is 3.70. The molecule has 5 heteroatoms. The van der Waals surface area contributed by atoms with Gasteiger partial charge in [-0.3, -0.25) is 4.79 Å². The standard InChI is InChI=1S/C17H23FN2O2/c1-11(15-13(18)4-3-5-14(15)22-2)20-16(21)12-10-17(12)6-8-19-9-7-17/h3-5,11-12,19H,6-10H2,1-2H3,(H,20,21). The largest absolute Gasteiger partial charge is 0.496 e. The van der Waals surface area contributed by atoms with Crippen LogP contribution in [0.3, 0.4) is 0 Å². The van der Waals surface area contributed by atoms with E-state index in [1.807, 2.05) is 0 Å². The van der Waals surface area contributed by atoms with Gasteiger partial charge in [0.15, 0.2) is 0 Å². The molecule has 2 unspecified atom stereocenters. The van der Waals surface area contributed by atoms with Crippen LogP contribution in [0.5, 0.6) is 5.75 Å². The maximum atomic E-state index is 14.1. The van der Waals surface area contributed by atoms with E-state index in [1.165, 1.54) is 13.2 Å². The summed E-state index contributed by atoms with van der Waals surface area (Å²) >= 11 is 0. The average Bonchev–Trinajstić information content (AvgIpc) is 3.20. The number of ether oxygens (including phenoxy) is 1. The molecule has 0 radical (unpaired) electrons. The van der Waals surface area contributed by atoms with Crippen LogP contribution in [-0.2, 0) is 4.79 Å². The second-order valence-corrected chi connectivity index (χ2v) is 6.46. The van der Waals surface area contributed by atoms with E-state index < -0.39 is 6.04 Å². The molecule has 0 bridgehead atoms. The van der Waals surface area contributed by atoms with Gasteiger partial charge in [-0.1, -0.05) is 6.07 Å². The van der Waals surface area contributed by atoms with Crippen LogP contribution in [0, 0.1) is 17.2 Å². The number of halogens is 1. The maximum Gasteiger partial charge on any atom is 0.224 e. The van der Waals surface area contributed by atoms with E-state index in [1.54, 1.807) is 19.1 Å². The summed E-state index contributed by atoms with van der Waals surface area (Å²) in [6.07, 6.45) is 3.08. The molecular formula is C17H23FN2O2. The number of carbonyl (C=O) groups excluding carboxylic acids is 1. The Morgan fingerprint density at radius 2 is 2.18 bits per heavy atom. The average molecular weight is 306 g/mol. The first-order valence-electron chi connectivity index (χ1n) is 7.91. The van der Waals surface area contributed by atoms with Crippen LogP contribution in [0.25, 0.3) is 0 Å². The van der Waals surface area contributed by atoms with E-state index in [-0.39, 0.29) is 23.1 Å². The number of nitrogens with one attached hydrogen (secondary N) is 2. The lowest BCUT2D eigenvalue weighted by atomic mass is 9.91. The van der Waals surface area contributed by atoms with Crippen molar-refractivity contribution < 1.29 is 13.9 Å². The second kappa shape index (κ2) is 5.88. The lowest BCUT2D eigenvalue weighted by Crippen LogP contribution is -2.34. The number of rotatable bonds is 4. The van der Waals surface area contributed by atoms with Gasteiger partial charge < -0.3 is 15.4 Å². The molecule has 1 spiro atoms. The van der Waals surface area contributed by atoms with Crippen LogP contribution < -0.4 is 15.4 Å². The molecule has 2 aliphatic rings. The maximum absolute atomic E-state index is 14.1. The number of hydrogen-bond donors (Lipinski definition) is 2. The number of amides is 1. The van der Waals surface area contributed by atoms with E-state index in [0.717, 1.165) is 32.4 Å². The minimum Gasteiger partial charge on any atom is -0.496 e. The molecule has 1 aromatic rings. The molecule has 2 fully saturated rings. The van der Waals surface area contributed by atoms with Crippen molar-refractivity contribution in [2.45, 2.75) is 32.2 Å². The molecule has 22 heavy (non-hydrogen) atoms. The van der Waals surface area contributed by atoms with Crippen molar-refractivity contribution in [2.24, 2.45) is 11.3 Å². The molecule has 1 saturated carbocycles. The van der Waals surface area contributed by atoms with E-state index in [2.05, 4.69) is 10.6 Å². The van der Waals surface area contributed by atoms with Gasteiger partial charge in [-0.05, 0) is 56.8 Å². The van der Waals surface area contributed by atoms with Crippen LogP contribution >= 0.6 is 0 Å². The lowest BCUT2D eigenvalue weighted by molar-refractivity contribution is -0.124. The first kappa shape index (κ1) is 15.3. The van der Waals surface area contributed by atoms with Crippen LogP contribution in [-0.4, -0.2) is 26.1 Å². The highest BCUT2D eigenvalue weighted by Crippen LogP contribution is 2.58. The smallest absolute Gasteiger partial charge is 0.224 e. The Balaban J connectivity index is 1.68. The molecule has 3 rings (SSSR count). The summed E-state index contributed by atoms with van der Waals surface area (Å²) in [7, 11) is 1.51. The number of piperidine rings is 1. The summed E-state index contributed by atoms with van der Waals surface area (Å²) in [5.41, 5.74) is 0.604. The van der Waals surface area contributed by atoms with Crippen molar-refractivity contribution >= 4 is 5.91 Å². The number of carbonyl (C=O) groups is 1. The van der Waals surface area contributed by atoms with Crippen molar-refractivity contribution in [3.8, 4) is 5.75 Å². The summed E-state index contributed by atoms with van der Waals surface area (Å²) < 4.78 is 19.3. The Morgan fingerprint density at radius 3 is 2.86 bits per heavy atom. The molecule has 1 aromatic carbocycles. The first-order chi connectivity index (χ1) is 10.6. The molecule has 120 valence electrons. The van der Waals surface area contributed by atoms with Crippen LogP contribution in [0.4, 0.5) is 4.39 Å². The zero-order valence-corrected chi connectivity index (χ0v) is 13.1. The van der Waals surface area contributed by atoms with Gasteiger partial charge in [0, 0.05) is 5.92 Å². The van der Waals surface area contributed by atoms with Gasteiger partial charge in [-0.15, -0.1) is 0 Å². The second-order valence-electron chi connectivity index (χ2n) is 6.46. The topological polar surface area (TPSA) is 50.4 Å². The number of hydrogen-bond acceptors (Lipinski definition) is 3. The molecule has 1 heterocycles. The quantitative estimate of drug-likeness (QED) is 0.898. The monoisotopic (exact) mass is 306 g/mol. The normalized spacial score (nSPS) is 23.9. The summed E-state index contributed by atoms with van der Waals surface area (Å²) in [4.78, 5) is 12.5. The van der Waals surface area contributed by atoms with Crippen LogP contribution in [0.15, 0.2) is 18.2 Å². The Morgan fingerprint density at radius 1 is 1.45 bits per heavy atom. The number of benzene rings is 1. The van der Waals surface area contributed by atoms with Crippen molar-refractivity contribution in [1.29, 1.82) is 0 Å². The minimum absolute atomic E-state index is 0.0414. The van der Waals surface area contributed by atoms with Crippen LogP contribution in [0.1, 0.15) is 37.8 Å². The SMILES string of the molecule is COc1cccc(F)c1C(C)NC(=O)C1CC12CCNCC2. The third-order valence-electron chi connectivity index (χ3n) is 5.13. The lowest BCUT2D eigenvalue weighted by Gasteiger charge is -2.24. The van der Waals surface area contributed by atoms with Gasteiger partial charge in [0.25, 0.3) is 0 Å². The first-order valence-corrected chi connectivity index (χ1v) is 7.91. The van der Waals surface area contributed by atoms with Gasteiger partial charge in [0.05, 0.1) is 18.7 Å². The highest BCUT2D eigenvalue weighted by atomic mass is 19.1. The molecule has 1 saturated heterocycles. The zero-order valence-electron chi connectivity index (χ0n) is 13.1. The van der Waals surface area contributed by atoms with Gasteiger partial charge >= 0.3 is 0 Å². The summed E-state index contributed by atoms with van der Waals surface area (Å²) in [6.45, 7) is 3.78. The van der Waals surface area contributed by atoms with Gasteiger partial charge in [-0.25, -0.2) is 4.39 Å².